The lowest BCUT2D eigenvalue weighted by Gasteiger charge is -2.00. The van der Waals surface area contributed by atoms with E-state index in [1.54, 1.807) is 0 Å². The van der Waals surface area contributed by atoms with Crippen molar-refractivity contribution >= 4 is 15.8 Å². The van der Waals surface area contributed by atoms with E-state index in [9.17, 15) is 8.42 Å². The van der Waals surface area contributed by atoms with Crippen molar-refractivity contribution in [2.45, 2.75) is 26.3 Å². The van der Waals surface area contributed by atoms with Gasteiger partial charge in [-0.15, -0.1) is 0 Å². The van der Waals surface area contributed by atoms with Crippen LogP contribution in [0, 0.1) is 0 Å². The third kappa shape index (κ3) is 3.86. The van der Waals surface area contributed by atoms with Gasteiger partial charge in [-0.3, -0.25) is 0 Å². The van der Waals surface area contributed by atoms with Crippen molar-refractivity contribution in [1.82, 2.24) is 14.8 Å². The molecule has 0 saturated heterocycles. The summed E-state index contributed by atoms with van der Waals surface area (Å²) in [5.74, 6) is 0.983. The number of sulfone groups is 1. The summed E-state index contributed by atoms with van der Waals surface area (Å²) < 4.78 is 23.3. The van der Waals surface area contributed by atoms with E-state index in [4.69, 9.17) is 5.73 Å². The lowest BCUT2D eigenvalue weighted by Crippen LogP contribution is -2.14. The summed E-state index contributed by atoms with van der Waals surface area (Å²) in [6.45, 7) is 2.29. The maximum atomic E-state index is 10.9. The van der Waals surface area contributed by atoms with Gasteiger partial charge in [0.25, 0.3) is 0 Å². The fourth-order valence-electron chi connectivity index (χ4n) is 1.15. The number of hydrogen-bond donors (Lipinski definition) is 1. The fraction of sp³-hybridized carbons (Fsp3) is 0.750. The van der Waals surface area contributed by atoms with Crippen molar-refractivity contribution in [3.63, 3.8) is 0 Å². The third-order valence-electron chi connectivity index (χ3n) is 1.89. The molecule has 0 aromatic carbocycles. The average Bonchev–Trinajstić information content (AvgIpc) is 2.42. The Morgan fingerprint density at radius 3 is 2.67 bits per heavy atom. The quantitative estimate of drug-likeness (QED) is 0.762. The third-order valence-corrected chi connectivity index (χ3v) is 2.82. The summed E-state index contributed by atoms with van der Waals surface area (Å²) in [6.07, 6.45) is 2.89. The second-order valence-electron chi connectivity index (χ2n) is 3.49. The van der Waals surface area contributed by atoms with Crippen LogP contribution in [0.15, 0.2) is 0 Å². The molecule has 2 N–H and O–H groups in total. The standard InChI is InChI=1S/C8H16N4O2S/c1-3-4-7-10-8(9)12(11-7)5-6-15(2,13)14/h3-6H2,1-2H3,(H2,9,10,11). The Morgan fingerprint density at radius 2 is 2.13 bits per heavy atom. The molecule has 1 aromatic heterocycles. The monoisotopic (exact) mass is 232 g/mol. The van der Waals surface area contributed by atoms with Crippen molar-refractivity contribution < 1.29 is 8.42 Å². The first-order chi connectivity index (χ1) is 6.92. The maximum Gasteiger partial charge on any atom is 0.218 e. The summed E-state index contributed by atoms with van der Waals surface area (Å²) in [4.78, 5) is 4.04. The van der Waals surface area contributed by atoms with E-state index in [1.165, 1.54) is 10.9 Å². The largest absolute Gasteiger partial charge is 0.368 e. The highest BCUT2D eigenvalue weighted by atomic mass is 32.2. The molecule has 0 radical (unpaired) electrons. The molecule has 6 nitrogen and oxygen atoms in total. The molecule has 0 bridgehead atoms. The van der Waals surface area contributed by atoms with Crippen LogP contribution >= 0.6 is 0 Å². The van der Waals surface area contributed by atoms with E-state index >= 15 is 0 Å². The fourth-order valence-corrected chi connectivity index (χ4v) is 1.65. The highest BCUT2D eigenvalue weighted by molar-refractivity contribution is 7.90. The maximum absolute atomic E-state index is 10.9. The van der Waals surface area contributed by atoms with Crippen molar-refractivity contribution in [3.8, 4) is 0 Å². The van der Waals surface area contributed by atoms with Crippen LogP contribution in [0.3, 0.4) is 0 Å². The highest BCUT2D eigenvalue weighted by Crippen LogP contribution is 2.03. The van der Waals surface area contributed by atoms with Gasteiger partial charge in [-0.25, -0.2) is 13.1 Å². The van der Waals surface area contributed by atoms with Crippen LogP contribution in [0.2, 0.25) is 0 Å². The summed E-state index contributed by atoms with van der Waals surface area (Å²) in [7, 11) is -2.99. The van der Waals surface area contributed by atoms with E-state index in [-0.39, 0.29) is 18.2 Å². The predicted octanol–water partition coefficient (Wildman–Crippen LogP) is -0.143. The van der Waals surface area contributed by atoms with E-state index < -0.39 is 9.84 Å². The Hall–Kier alpha value is -1.11. The molecule has 0 aliphatic heterocycles. The van der Waals surface area contributed by atoms with Crippen molar-refractivity contribution in [3.05, 3.63) is 5.82 Å². The minimum atomic E-state index is -2.99. The van der Waals surface area contributed by atoms with Gasteiger partial charge in [-0.2, -0.15) is 10.1 Å². The molecule has 0 unspecified atom stereocenters. The summed E-state index contributed by atoms with van der Waals surface area (Å²) in [6, 6.07) is 0. The van der Waals surface area contributed by atoms with Gasteiger partial charge in [0, 0.05) is 12.7 Å². The number of rotatable bonds is 5. The molecule has 0 saturated carbocycles. The lowest BCUT2D eigenvalue weighted by molar-refractivity contribution is 0.585. The smallest absolute Gasteiger partial charge is 0.218 e. The van der Waals surface area contributed by atoms with Crippen LogP contribution in [0.1, 0.15) is 19.2 Å². The Morgan fingerprint density at radius 1 is 1.47 bits per heavy atom. The molecule has 86 valence electrons. The van der Waals surface area contributed by atoms with Gasteiger partial charge in [-0.05, 0) is 6.42 Å². The molecule has 0 aliphatic carbocycles. The second kappa shape index (κ2) is 4.61. The molecule has 0 amide bonds. The normalized spacial score (nSPS) is 11.9. The van der Waals surface area contributed by atoms with Crippen LogP contribution in [-0.4, -0.2) is 35.2 Å². The van der Waals surface area contributed by atoms with Crippen LogP contribution in [-0.2, 0) is 22.8 Å². The Balaban J connectivity index is 2.69. The molecule has 0 atom stereocenters. The summed E-state index contributed by atoms with van der Waals surface area (Å²) in [5.41, 5.74) is 5.60. The van der Waals surface area contributed by atoms with E-state index in [1.807, 2.05) is 6.92 Å². The van der Waals surface area contributed by atoms with Crippen LogP contribution in [0.25, 0.3) is 0 Å². The van der Waals surface area contributed by atoms with Crippen LogP contribution < -0.4 is 5.73 Å². The molecule has 1 heterocycles. The summed E-state index contributed by atoms with van der Waals surface area (Å²) >= 11 is 0. The van der Waals surface area contributed by atoms with E-state index in [0.717, 1.165) is 12.8 Å². The molecule has 1 aromatic rings. The Labute approximate surface area is 89.4 Å². The van der Waals surface area contributed by atoms with Crippen LogP contribution in [0.4, 0.5) is 5.95 Å². The number of nitrogen functional groups attached to an aromatic ring is 1. The predicted molar refractivity (Wildman–Crippen MR) is 58.1 cm³/mol. The van der Waals surface area contributed by atoms with Gasteiger partial charge in [0.1, 0.15) is 9.84 Å². The van der Waals surface area contributed by atoms with Gasteiger partial charge in [-0.1, -0.05) is 6.92 Å². The Kier molecular flexibility index (Phi) is 3.67. The van der Waals surface area contributed by atoms with E-state index in [2.05, 4.69) is 10.1 Å². The number of nitrogens with zero attached hydrogens (tertiary/aromatic N) is 3. The van der Waals surface area contributed by atoms with E-state index in [0.29, 0.717) is 5.82 Å². The SMILES string of the molecule is CCCc1nc(N)n(CCS(C)(=O)=O)n1. The zero-order chi connectivity index (χ0) is 11.5. The van der Waals surface area contributed by atoms with Gasteiger partial charge >= 0.3 is 0 Å². The number of aryl methyl sites for hydroxylation is 2. The first-order valence-electron chi connectivity index (χ1n) is 4.79. The number of anilines is 1. The molecule has 15 heavy (non-hydrogen) atoms. The zero-order valence-corrected chi connectivity index (χ0v) is 9.79. The number of aromatic nitrogens is 3. The number of hydrogen-bond acceptors (Lipinski definition) is 5. The van der Waals surface area contributed by atoms with Crippen LogP contribution in [0.5, 0.6) is 0 Å². The lowest BCUT2D eigenvalue weighted by atomic mass is 10.3. The van der Waals surface area contributed by atoms with Crippen molar-refractivity contribution in [1.29, 1.82) is 0 Å². The molecule has 7 heteroatoms. The molecule has 1 rings (SSSR count). The zero-order valence-electron chi connectivity index (χ0n) is 8.97. The molecule has 0 spiro atoms. The summed E-state index contributed by atoms with van der Waals surface area (Å²) in [5, 5.41) is 4.12. The highest BCUT2D eigenvalue weighted by Gasteiger charge is 2.08. The van der Waals surface area contributed by atoms with Gasteiger partial charge in [0.05, 0.1) is 12.3 Å². The first-order valence-corrected chi connectivity index (χ1v) is 6.85. The minimum Gasteiger partial charge on any atom is -0.368 e. The topological polar surface area (TPSA) is 90.9 Å². The van der Waals surface area contributed by atoms with Gasteiger partial charge < -0.3 is 5.73 Å². The van der Waals surface area contributed by atoms with Gasteiger partial charge in [0.2, 0.25) is 5.95 Å². The second-order valence-corrected chi connectivity index (χ2v) is 5.75. The Bertz CT molecular complexity index is 424. The van der Waals surface area contributed by atoms with Crippen molar-refractivity contribution in [2.24, 2.45) is 0 Å². The first kappa shape index (κ1) is 12.0. The molecular weight excluding hydrogens is 216 g/mol. The average molecular weight is 232 g/mol. The minimum absolute atomic E-state index is 0.0339. The molecular formula is C8H16N4O2S. The number of nitrogens with two attached hydrogens (primary N) is 1. The molecule has 0 aliphatic rings. The van der Waals surface area contributed by atoms with Gasteiger partial charge in [0.15, 0.2) is 5.82 Å². The molecule has 0 fully saturated rings. The van der Waals surface area contributed by atoms with Crippen molar-refractivity contribution in [2.75, 3.05) is 17.7 Å².